The molecule has 0 aliphatic carbocycles. The Kier molecular flexibility index (Phi) is 7.48. The van der Waals surface area contributed by atoms with Gasteiger partial charge >= 0.3 is 0 Å². The highest BCUT2D eigenvalue weighted by Gasteiger charge is 2.56. The maximum atomic E-state index is 9.88. The van der Waals surface area contributed by atoms with Gasteiger partial charge in [-0.15, -0.1) is 12.4 Å². The van der Waals surface area contributed by atoms with E-state index in [0.29, 0.717) is 6.61 Å². The summed E-state index contributed by atoms with van der Waals surface area (Å²) in [7, 11) is 4.01. The van der Waals surface area contributed by atoms with Crippen molar-refractivity contribution in [2.45, 2.75) is 56.8 Å². The minimum atomic E-state index is -1.01. The van der Waals surface area contributed by atoms with Crippen LogP contribution in [-0.4, -0.2) is 85.5 Å². The lowest BCUT2D eigenvalue weighted by Gasteiger charge is -2.28. The zero-order valence-corrected chi connectivity index (χ0v) is 14.4. The fourth-order valence-corrected chi connectivity index (χ4v) is 2.71. The molecule has 0 radical (unpaired) electrons. The Morgan fingerprint density at radius 3 is 2.55 bits per heavy atom. The molecule has 2 aliphatic rings. The van der Waals surface area contributed by atoms with Crippen LogP contribution in [0, 0.1) is 0 Å². The Labute approximate surface area is 137 Å². The molecule has 2 rings (SSSR count). The van der Waals surface area contributed by atoms with Crippen molar-refractivity contribution in [3.63, 3.8) is 0 Å². The Bertz CT molecular complexity index is 343. The molecule has 0 aromatic carbocycles. The Balaban J connectivity index is 0.00000242. The van der Waals surface area contributed by atoms with Crippen LogP contribution in [0.3, 0.4) is 0 Å². The maximum absolute atomic E-state index is 9.88. The van der Waals surface area contributed by atoms with Gasteiger partial charge in [-0.3, -0.25) is 0 Å². The Morgan fingerprint density at radius 1 is 1.27 bits per heavy atom. The first-order chi connectivity index (χ1) is 9.84. The molecule has 2 N–H and O–H groups in total. The van der Waals surface area contributed by atoms with Gasteiger partial charge in [0.15, 0.2) is 12.1 Å². The van der Waals surface area contributed by atoms with Crippen molar-refractivity contribution < 1.29 is 29.2 Å². The quantitative estimate of drug-likeness (QED) is 0.630. The molecule has 0 aromatic heterocycles. The Morgan fingerprint density at radius 2 is 1.95 bits per heavy atom. The molecule has 5 atom stereocenters. The number of hydrogen-bond donors (Lipinski definition) is 2. The highest BCUT2D eigenvalue weighted by molar-refractivity contribution is 5.85. The number of fused-ring (bicyclic) bond motifs is 1. The van der Waals surface area contributed by atoms with Crippen molar-refractivity contribution in [3.05, 3.63) is 0 Å². The molecule has 2 heterocycles. The molecule has 0 spiro atoms. The van der Waals surface area contributed by atoms with Crippen molar-refractivity contribution in [1.82, 2.24) is 4.90 Å². The number of rotatable bonds is 7. The first kappa shape index (κ1) is 20.1. The van der Waals surface area contributed by atoms with Crippen LogP contribution in [0.25, 0.3) is 0 Å². The van der Waals surface area contributed by atoms with E-state index >= 15 is 0 Å². The second-order valence-corrected chi connectivity index (χ2v) is 6.31. The van der Waals surface area contributed by atoms with Crippen molar-refractivity contribution in [1.29, 1.82) is 0 Å². The van der Waals surface area contributed by atoms with E-state index in [4.69, 9.17) is 24.1 Å². The van der Waals surface area contributed by atoms with E-state index in [1.165, 1.54) is 0 Å². The molecule has 22 heavy (non-hydrogen) atoms. The third-order valence-electron chi connectivity index (χ3n) is 3.65. The van der Waals surface area contributed by atoms with Crippen LogP contribution in [0.5, 0.6) is 0 Å². The van der Waals surface area contributed by atoms with Gasteiger partial charge in [-0.25, -0.2) is 0 Å². The van der Waals surface area contributed by atoms with E-state index in [2.05, 4.69) is 4.90 Å². The maximum Gasteiger partial charge on any atom is 0.190 e. The van der Waals surface area contributed by atoms with Gasteiger partial charge in [0.2, 0.25) is 0 Å². The second-order valence-electron chi connectivity index (χ2n) is 6.31. The number of aliphatic hydroxyl groups excluding tert-OH is 2. The molecule has 0 bridgehead atoms. The summed E-state index contributed by atoms with van der Waals surface area (Å²) in [6, 6.07) is 0. The summed E-state index contributed by atoms with van der Waals surface area (Å²) in [4.78, 5) is 2.08. The molecule has 2 fully saturated rings. The van der Waals surface area contributed by atoms with Crippen LogP contribution in [0.15, 0.2) is 0 Å². The van der Waals surface area contributed by atoms with E-state index in [1.807, 2.05) is 27.9 Å². The molecule has 132 valence electrons. The van der Waals surface area contributed by atoms with Crippen LogP contribution in [0.4, 0.5) is 0 Å². The first-order valence-corrected chi connectivity index (χ1v) is 7.40. The van der Waals surface area contributed by atoms with Gasteiger partial charge in [-0.1, -0.05) is 0 Å². The Hall–Kier alpha value is 0.01000. The number of ether oxygens (including phenoxy) is 4. The van der Waals surface area contributed by atoms with Gasteiger partial charge in [0.25, 0.3) is 0 Å². The normalized spacial score (nSPS) is 34.5. The van der Waals surface area contributed by atoms with Gasteiger partial charge in [-0.05, 0) is 40.9 Å². The minimum Gasteiger partial charge on any atom is -0.394 e. The van der Waals surface area contributed by atoms with Crippen molar-refractivity contribution in [3.8, 4) is 0 Å². The largest absolute Gasteiger partial charge is 0.394 e. The zero-order valence-electron chi connectivity index (χ0n) is 13.6. The van der Waals surface area contributed by atoms with E-state index < -0.39 is 30.4 Å². The van der Waals surface area contributed by atoms with Gasteiger partial charge in [-0.2, -0.15) is 0 Å². The lowest BCUT2D eigenvalue weighted by molar-refractivity contribution is -0.231. The van der Waals surface area contributed by atoms with Crippen molar-refractivity contribution in [2.75, 3.05) is 33.9 Å². The van der Waals surface area contributed by atoms with Crippen LogP contribution in [0.2, 0.25) is 0 Å². The summed E-state index contributed by atoms with van der Waals surface area (Å²) >= 11 is 0. The summed E-state index contributed by atoms with van der Waals surface area (Å²) in [5.74, 6) is -0.726. The number of nitrogens with zero attached hydrogens (tertiary/aromatic N) is 1. The average Bonchev–Trinajstić information content (AvgIpc) is 2.86. The minimum absolute atomic E-state index is 0. The van der Waals surface area contributed by atoms with E-state index in [9.17, 15) is 5.11 Å². The third-order valence-corrected chi connectivity index (χ3v) is 3.65. The van der Waals surface area contributed by atoms with Crippen LogP contribution in [-0.2, 0) is 18.9 Å². The highest BCUT2D eigenvalue weighted by Crippen LogP contribution is 2.39. The lowest BCUT2D eigenvalue weighted by atomic mass is 10.1. The topological polar surface area (TPSA) is 80.6 Å². The predicted octanol–water partition coefficient (Wildman–Crippen LogP) is -0.0253. The molecular formula is C14H28ClNO6. The second kappa shape index (κ2) is 8.21. The lowest BCUT2D eigenvalue weighted by Crippen LogP contribution is -2.44. The molecular weight excluding hydrogens is 314 g/mol. The molecule has 2 saturated heterocycles. The molecule has 0 aromatic rings. The average molecular weight is 342 g/mol. The standard InChI is InChI=1S/C14H27NO6.ClH/c1-14(2)20-12-11(18-7-5-6-15(3)4)10(9(17)8-16)19-13(12)21-14;/h9-13,16-17H,5-8H2,1-4H3;1H. The van der Waals surface area contributed by atoms with Gasteiger partial charge in [0, 0.05) is 6.61 Å². The monoisotopic (exact) mass is 341 g/mol. The van der Waals surface area contributed by atoms with Gasteiger partial charge < -0.3 is 34.1 Å². The molecule has 0 saturated carbocycles. The highest BCUT2D eigenvalue weighted by atomic mass is 35.5. The third kappa shape index (κ3) is 4.75. The van der Waals surface area contributed by atoms with Gasteiger partial charge in [0.05, 0.1) is 6.61 Å². The summed E-state index contributed by atoms with van der Waals surface area (Å²) in [5, 5.41) is 19.0. The van der Waals surface area contributed by atoms with Crippen LogP contribution >= 0.6 is 12.4 Å². The number of halogens is 1. The molecule has 2 aliphatic heterocycles. The van der Waals surface area contributed by atoms with E-state index in [0.717, 1.165) is 13.0 Å². The predicted molar refractivity (Wildman–Crippen MR) is 81.9 cm³/mol. The molecule has 7 nitrogen and oxygen atoms in total. The van der Waals surface area contributed by atoms with Crippen LogP contribution in [0.1, 0.15) is 20.3 Å². The number of aliphatic hydroxyl groups is 2. The molecule has 8 heteroatoms. The summed E-state index contributed by atoms with van der Waals surface area (Å²) in [6.45, 7) is 4.70. The molecule has 0 amide bonds. The van der Waals surface area contributed by atoms with E-state index in [-0.39, 0.29) is 25.1 Å². The zero-order chi connectivity index (χ0) is 15.6. The summed E-state index contributed by atoms with van der Waals surface area (Å²) in [6.07, 6.45) is -2.17. The van der Waals surface area contributed by atoms with Crippen molar-refractivity contribution in [2.24, 2.45) is 0 Å². The SMILES string of the molecule is CN(C)CCCOC1C(C(O)CO)OC2OC(C)(C)OC21.Cl. The summed E-state index contributed by atoms with van der Waals surface area (Å²) in [5.41, 5.74) is 0. The fraction of sp³-hybridized carbons (Fsp3) is 1.00. The smallest absolute Gasteiger partial charge is 0.190 e. The van der Waals surface area contributed by atoms with Gasteiger partial charge in [0.1, 0.15) is 24.4 Å². The number of hydrogen-bond acceptors (Lipinski definition) is 7. The first-order valence-electron chi connectivity index (χ1n) is 7.40. The summed E-state index contributed by atoms with van der Waals surface area (Å²) < 4.78 is 23.0. The fourth-order valence-electron chi connectivity index (χ4n) is 2.71. The van der Waals surface area contributed by atoms with Crippen molar-refractivity contribution >= 4 is 12.4 Å². The molecule has 5 unspecified atom stereocenters. The van der Waals surface area contributed by atoms with Crippen LogP contribution < -0.4 is 0 Å². The van der Waals surface area contributed by atoms with E-state index in [1.54, 1.807) is 0 Å².